The molecule has 8 heteroatoms. The first kappa shape index (κ1) is 14.6. The number of carbonyl (C=O) groups excluding carboxylic acids is 1. The number of rotatable bonds is 5. The molecule has 0 fully saturated rings. The summed E-state index contributed by atoms with van der Waals surface area (Å²) in [7, 11) is 0. The van der Waals surface area contributed by atoms with Gasteiger partial charge in [-0.2, -0.15) is 5.10 Å². The summed E-state index contributed by atoms with van der Waals surface area (Å²) >= 11 is 6.12. The minimum Gasteiger partial charge on any atom is -0.486 e. The number of aromatic nitrogens is 3. The summed E-state index contributed by atoms with van der Waals surface area (Å²) in [6.07, 6.45) is 3.88. The molecule has 1 amide bonds. The normalized spacial score (nSPS) is 13.0. The van der Waals surface area contributed by atoms with E-state index >= 15 is 0 Å². The highest BCUT2D eigenvalue weighted by Gasteiger charge is 2.19. The fourth-order valence-corrected chi connectivity index (χ4v) is 2.40. The molecule has 7 nitrogen and oxygen atoms in total. The number of fused-ring (bicyclic) bond motifs is 1. The zero-order valence-corrected chi connectivity index (χ0v) is 12.5. The molecule has 116 valence electrons. The van der Waals surface area contributed by atoms with Gasteiger partial charge in [-0.05, 0) is 18.6 Å². The zero-order valence-electron chi connectivity index (χ0n) is 11.8. The Kier molecular flexibility index (Phi) is 4.43. The number of hydrogen-bond donors (Lipinski definition) is 1. The van der Waals surface area contributed by atoms with Gasteiger partial charge in [0.2, 0.25) is 0 Å². The third kappa shape index (κ3) is 3.30. The van der Waals surface area contributed by atoms with Crippen molar-refractivity contribution in [3.05, 3.63) is 35.4 Å². The van der Waals surface area contributed by atoms with Gasteiger partial charge in [-0.3, -0.25) is 9.48 Å². The topological polar surface area (TPSA) is 78.3 Å². The van der Waals surface area contributed by atoms with Crippen LogP contribution in [0.25, 0.3) is 0 Å². The van der Waals surface area contributed by atoms with Crippen LogP contribution in [0, 0.1) is 0 Å². The lowest BCUT2D eigenvalue weighted by Gasteiger charge is -2.20. The summed E-state index contributed by atoms with van der Waals surface area (Å²) in [5, 5.41) is 7.22. The Morgan fingerprint density at radius 1 is 1.36 bits per heavy atom. The number of halogens is 1. The number of hydrogen-bond acceptors (Lipinski definition) is 5. The molecule has 0 atom stereocenters. The van der Waals surface area contributed by atoms with E-state index in [1.807, 2.05) is 0 Å². The molecular weight excluding hydrogens is 308 g/mol. The van der Waals surface area contributed by atoms with E-state index in [9.17, 15) is 4.79 Å². The van der Waals surface area contributed by atoms with Gasteiger partial charge in [-0.15, -0.1) is 0 Å². The molecule has 0 saturated heterocycles. The number of amides is 1. The molecule has 1 N–H and O–H groups in total. The van der Waals surface area contributed by atoms with Crippen LogP contribution >= 0.6 is 11.6 Å². The Morgan fingerprint density at radius 3 is 3.05 bits per heavy atom. The number of nitrogens with one attached hydrogen (secondary N) is 1. The first-order valence-corrected chi connectivity index (χ1v) is 7.31. The van der Waals surface area contributed by atoms with Crippen LogP contribution in [0.1, 0.15) is 16.8 Å². The molecule has 0 radical (unpaired) electrons. The van der Waals surface area contributed by atoms with Gasteiger partial charge in [0.05, 0.1) is 5.02 Å². The fraction of sp³-hybridized carbons (Fsp3) is 0.357. The third-order valence-electron chi connectivity index (χ3n) is 3.18. The molecule has 0 unspecified atom stereocenters. The van der Waals surface area contributed by atoms with Crippen LogP contribution < -0.4 is 14.8 Å². The summed E-state index contributed by atoms with van der Waals surface area (Å²) < 4.78 is 12.6. The van der Waals surface area contributed by atoms with E-state index in [0.717, 1.165) is 6.42 Å². The largest absolute Gasteiger partial charge is 0.486 e. The standard InChI is InChI=1S/C14H15ClN4O3/c15-11-6-10(7-12-13(11)22-5-4-21-12)14(20)17-2-1-3-19-9-16-8-18-19/h6-9H,1-5H2,(H,17,20). The highest BCUT2D eigenvalue weighted by Crippen LogP contribution is 2.38. The lowest BCUT2D eigenvalue weighted by atomic mass is 10.1. The number of aryl methyl sites for hydroxylation is 1. The Bertz CT molecular complexity index is 660. The van der Waals surface area contributed by atoms with E-state index < -0.39 is 0 Å². The molecule has 2 heterocycles. The van der Waals surface area contributed by atoms with Crippen LogP contribution in [0.15, 0.2) is 24.8 Å². The maximum atomic E-state index is 12.1. The van der Waals surface area contributed by atoms with Gasteiger partial charge in [0.1, 0.15) is 25.9 Å². The van der Waals surface area contributed by atoms with E-state index in [2.05, 4.69) is 15.4 Å². The summed E-state index contributed by atoms with van der Waals surface area (Å²) in [5.41, 5.74) is 0.454. The zero-order chi connectivity index (χ0) is 15.4. The van der Waals surface area contributed by atoms with Crippen LogP contribution in [-0.4, -0.2) is 40.4 Å². The van der Waals surface area contributed by atoms with Crippen LogP contribution in [0.2, 0.25) is 5.02 Å². The van der Waals surface area contributed by atoms with Crippen LogP contribution in [0.4, 0.5) is 0 Å². The second kappa shape index (κ2) is 6.65. The molecule has 1 aromatic carbocycles. The van der Waals surface area contributed by atoms with Crippen molar-refractivity contribution >= 4 is 17.5 Å². The van der Waals surface area contributed by atoms with E-state index in [0.29, 0.717) is 48.4 Å². The highest BCUT2D eigenvalue weighted by molar-refractivity contribution is 6.32. The summed E-state index contributed by atoms with van der Waals surface area (Å²) in [4.78, 5) is 16.0. The van der Waals surface area contributed by atoms with Crippen molar-refractivity contribution in [2.45, 2.75) is 13.0 Å². The van der Waals surface area contributed by atoms with E-state index in [1.54, 1.807) is 23.1 Å². The fourth-order valence-electron chi connectivity index (χ4n) is 2.14. The maximum Gasteiger partial charge on any atom is 0.251 e. The first-order valence-electron chi connectivity index (χ1n) is 6.94. The second-order valence-corrected chi connectivity index (χ2v) is 5.16. The van der Waals surface area contributed by atoms with Crippen molar-refractivity contribution in [1.82, 2.24) is 20.1 Å². The Hall–Kier alpha value is -2.28. The minimum absolute atomic E-state index is 0.197. The molecule has 0 saturated carbocycles. The van der Waals surface area contributed by atoms with Crippen molar-refractivity contribution < 1.29 is 14.3 Å². The maximum absolute atomic E-state index is 12.1. The smallest absolute Gasteiger partial charge is 0.251 e. The van der Waals surface area contributed by atoms with Crippen LogP contribution in [0.5, 0.6) is 11.5 Å². The molecule has 0 spiro atoms. The summed E-state index contributed by atoms with van der Waals surface area (Å²) in [5.74, 6) is 0.805. The van der Waals surface area contributed by atoms with Crippen LogP contribution in [-0.2, 0) is 6.54 Å². The molecule has 22 heavy (non-hydrogen) atoms. The molecular formula is C14H15ClN4O3. The SMILES string of the molecule is O=C(NCCCn1cncn1)c1cc(Cl)c2c(c1)OCCO2. The van der Waals surface area contributed by atoms with Crippen molar-refractivity contribution in [2.75, 3.05) is 19.8 Å². The summed E-state index contributed by atoms with van der Waals surface area (Å²) in [6, 6.07) is 3.23. The van der Waals surface area contributed by atoms with Crippen molar-refractivity contribution in [1.29, 1.82) is 0 Å². The highest BCUT2D eigenvalue weighted by atomic mass is 35.5. The molecule has 1 aromatic heterocycles. The van der Waals surface area contributed by atoms with Crippen LogP contribution in [0.3, 0.4) is 0 Å². The van der Waals surface area contributed by atoms with Gasteiger partial charge < -0.3 is 14.8 Å². The quantitative estimate of drug-likeness (QED) is 0.844. The molecule has 3 rings (SSSR count). The Balaban J connectivity index is 1.56. The van der Waals surface area contributed by atoms with Gasteiger partial charge in [0.25, 0.3) is 5.91 Å². The lowest BCUT2D eigenvalue weighted by Crippen LogP contribution is -2.26. The average Bonchev–Trinajstić information content (AvgIpc) is 3.04. The van der Waals surface area contributed by atoms with E-state index in [-0.39, 0.29) is 5.91 Å². The van der Waals surface area contributed by atoms with Gasteiger partial charge in [0, 0.05) is 18.7 Å². The molecule has 0 bridgehead atoms. The predicted octanol–water partition coefficient (Wildman–Crippen LogP) is 1.52. The summed E-state index contributed by atoms with van der Waals surface area (Å²) in [6.45, 7) is 2.14. The minimum atomic E-state index is -0.197. The second-order valence-electron chi connectivity index (χ2n) is 4.75. The molecule has 1 aliphatic heterocycles. The van der Waals surface area contributed by atoms with Gasteiger partial charge >= 0.3 is 0 Å². The molecule has 1 aliphatic rings. The lowest BCUT2D eigenvalue weighted by molar-refractivity contribution is 0.0951. The van der Waals surface area contributed by atoms with Gasteiger partial charge in [0.15, 0.2) is 11.5 Å². The number of nitrogens with zero attached hydrogens (tertiary/aromatic N) is 3. The Morgan fingerprint density at radius 2 is 2.23 bits per heavy atom. The number of benzene rings is 1. The third-order valence-corrected chi connectivity index (χ3v) is 3.46. The van der Waals surface area contributed by atoms with Crippen molar-refractivity contribution in [2.24, 2.45) is 0 Å². The van der Waals surface area contributed by atoms with E-state index in [4.69, 9.17) is 21.1 Å². The monoisotopic (exact) mass is 322 g/mol. The first-order chi connectivity index (χ1) is 10.7. The van der Waals surface area contributed by atoms with E-state index in [1.165, 1.54) is 6.33 Å². The molecule has 2 aromatic rings. The van der Waals surface area contributed by atoms with Crippen molar-refractivity contribution in [3.8, 4) is 11.5 Å². The van der Waals surface area contributed by atoms with Gasteiger partial charge in [-0.25, -0.2) is 4.98 Å². The molecule has 0 aliphatic carbocycles. The van der Waals surface area contributed by atoms with Crippen molar-refractivity contribution in [3.63, 3.8) is 0 Å². The number of carbonyl (C=O) groups is 1. The predicted molar refractivity (Wildman–Crippen MR) is 79.4 cm³/mol. The average molecular weight is 323 g/mol. The van der Waals surface area contributed by atoms with Gasteiger partial charge in [-0.1, -0.05) is 11.6 Å². The Labute approximate surface area is 132 Å². The number of ether oxygens (including phenoxy) is 2.